The first-order valence-electron chi connectivity index (χ1n) is 6.42. The Kier molecular flexibility index (Phi) is 3.97. The van der Waals surface area contributed by atoms with E-state index in [0.717, 1.165) is 19.3 Å². The highest BCUT2D eigenvalue weighted by atomic mass is 16.7. The van der Waals surface area contributed by atoms with Gasteiger partial charge in [-0.25, -0.2) is 0 Å². The van der Waals surface area contributed by atoms with Crippen LogP contribution in [0.1, 0.15) is 32.6 Å². The van der Waals surface area contributed by atoms with Gasteiger partial charge in [0.25, 0.3) is 0 Å². The third-order valence-electron chi connectivity index (χ3n) is 4.02. The monoisotopic (exact) mass is 257 g/mol. The average Bonchev–Trinajstić information content (AvgIpc) is 2.35. The van der Waals surface area contributed by atoms with E-state index in [4.69, 9.17) is 9.47 Å². The molecular formula is C12H19NO5. The molecule has 1 aliphatic heterocycles. The highest BCUT2D eigenvalue weighted by Crippen LogP contribution is 2.44. The van der Waals surface area contributed by atoms with Crippen LogP contribution in [0.15, 0.2) is 0 Å². The van der Waals surface area contributed by atoms with Crippen molar-refractivity contribution in [2.24, 2.45) is 11.3 Å². The summed E-state index contributed by atoms with van der Waals surface area (Å²) < 4.78 is 11.2. The van der Waals surface area contributed by atoms with E-state index in [0.29, 0.717) is 19.6 Å². The second-order valence-corrected chi connectivity index (χ2v) is 5.32. The fourth-order valence-corrected chi connectivity index (χ4v) is 2.97. The van der Waals surface area contributed by atoms with Gasteiger partial charge in [-0.2, -0.15) is 0 Å². The molecule has 2 atom stereocenters. The van der Waals surface area contributed by atoms with Crippen molar-refractivity contribution in [2.75, 3.05) is 19.8 Å². The number of Topliss-reactive ketones (excluding diaryl/α,β-unsaturated/α-hetero) is 1. The Morgan fingerprint density at radius 3 is 2.67 bits per heavy atom. The van der Waals surface area contributed by atoms with E-state index in [9.17, 15) is 14.9 Å². The summed E-state index contributed by atoms with van der Waals surface area (Å²) in [6.45, 7) is 2.76. The number of ketones is 1. The van der Waals surface area contributed by atoms with Gasteiger partial charge in [-0.1, -0.05) is 6.92 Å². The van der Waals surface area contributed by atoms with Gasteiger partial charge in [-0.3, -0.25) is 14.9 Å². The van der Waals surface area contributed by atoms with Crippen molar-refractivity contribution in [3.8, 4) is 0 Å². The quantitative estimate of drug-likeness (QED) is 0.564. The van der Waals surface area contributed by atoms with Crippen molar-refractivity contribution in [3.05, 3.63) is 10.1 Å². The maximum atomic E-state index is 12.0. The molecule has 6 nitrogen and oxygen atoms in total. The van der Waals surface area contributed by atoms with Crippen LogP contribution < -0.4 is 0 Å². The van der Waals surface area contributed by atoms with Crippen molar-refractivity contribution in [1.29, 1.82) is 0 Å². The predicted molar refractivity (Wildman–Crippen MR) is 62.6 cm³/mol. The topological polar surface area (TPSA) is 78.7 Å². The lowest BCUT2D eigenvalue weighted by atomic mass is 9.66. The van der Waals surface area contributed by atoms with E-state index in [1.165, 1.54) is 0 Å². The minimum absolute atomic E-state index is 0.0294. The zero-order valence-electron chi connectivity index (χ0n) is 10.6. The molecule has 0 radical (unpaired) electrons. The lowest BCUT2D eigenvalue weighted by Crippen LogP contribution is -2.51. The Hall–Kier alpha value is -1.01. The van der Waals surface area contributed by atoms with Crippen molar-refractivity contribution in [3.63, 3.8) is 0 Å². The summed E-state index contributed by atoms with van der Waals surface area (Å²) in [4.78, 5) is 22.3. The van der Waals surface area contributed by atoms with Gasteiger partial charge < -0.3 is 9.47 Å². The SMILES string of the molecule is C[C@@]1(C2OCCCO2)CCCC(=O)[C@H]1C[N+](=O)[O-]. The number of carbonyl (C=O) groups is 1. The van der Waals surface area contributed by atoms with E-state index in [1.54, 1.807) is 0 Å². The molecule has 0 aromatic carbocycles. The van der Waals surface area contributed by atoms with Crippen molar-refractivity contribution >= 4 is 5.78 Å². The molecule has 6 heteroatoms. The van der Waals surface area contributed by atoms with Crippen LogP contribution in [0.25, 0.3) is 0 Å². The molecule has 1 aliphatic carbocycles. The first-order valence-corrected chi connectivity index (χ1v) is 6.42. The molecule has 0 aromatic heterocycles. The summed E-state index contributed by atoms with van der Waals surface area (Å²) >= 11 is 0. The van der Waals surface area contributed by atoms with Gasteiger partial charge >= 0.3 is 0 Å². The molecule has 0 unspecified atom stereocenters. The van der Waals surface area contributed by atoms with Crippen LogP contribution in [0.2, 0.25) is 0 Å². The molecule has 2 fully saturated rings. The number of hydrogen-bond acceptors (Lipinski definition) is 5. The van der Waals surface area contributed by atoms with E-state index in [1.807, 2.05) is 6.92 Å². The van der Waals surface area contributed by atoms with Crippen LogP contribution >= 0.6 is 0 Å². The smallest absolute Gasteiger partial charge is 0.214 e. The van der Waals surface area contributed by atoms with Gasteiger partial charge in [0, 0.05) is 16.8 Å². The Bertz CT molecular complexity index is 339. The van der Waals surface area contributed by atoms with E-state index in [-0.39, 0.29) is 12.3 Å². The molecule has 0 N–H and O–H groups in total. The van der Waals surface area contributed by atoms with E-state index >= 15 is 0 Å². The normalized spacial score (nSPS) is 34.5. The molecule has 1 saturated carbocycles. The molecule has 0 bridgehead atoms. The van der Waals surface area contributed by atoms with Gasteiger partial charge in [0.1, 0.15) is 5.78 Å². The van der Waals surface area contributed by atoms with Crippen molar-refractivity contribution in [2.45, 2.75) is 38.9 Å². The summed E-state index contributed by atoms with van der Waals surface area (Å²) in [6, 6.07) is 0. The second kappa shape index (κ2) is 5.32. The van der Waals surface area contributed by atoms with Crippen LogP contribution in [-0.4, -0.2) is 36.8 Å². The van der Waals surface area contributed by atoms with Crippen molar-refractivity contribution in [1.82, 2.24) is 0 Å². The predicted octanol–water partition coefficient (Wildman–Crippen LogP) is 1.40. The third-order valence-corrected chi connectivity index (χ3v) is 4.02. The summed E-state index contributed by atoms with van der Waals surface area (Å²) in [5.74, 6) is -0.623. The lowest BCUT2D eigenvalue weighted by Gasteiger charge is -2.44. The van der Waals surface area contributed by atoms with Crippen LogP contribution in [0.5, 0.6) is 0 Å². The number of rotatable bonds is 3. The molecular weight excluding hydrogens is 238 g/mol. The fourth-order valence-electron chi connectivity index (χ4n) is 2.97. The van der Waals surface area contributed by atoms with E-state index in [2.05, 4.69) is 0 Å². The summed E-state index contributed by atoms with van der Waals surface area (Å²) in [5.41, 5.74) is -0.567. The molecule has 18 heavy (non-hydrogen) atoms. The summed E-state index contributed by atoms with van der Waals surface area (Å²) in [7, 11) is 0. The largest absolute Gasteiger partial charge is 0.352 e. The molecule has 102 valence electrons. The number of nitrogens with zero attached hydrogens (tertiary/aromatic N) is 1. The van der Waals surface area contributed by atoms with Gasteiger partial charge in [-0.15, -0.1) is 0 Å². The van der Waals surface area contributed by atoms with Gasteiger partial charge in [0.15, 0.2) is 6.29 Å². The zero-order chi connectivity index (χ0) is 13.2. The van der Waals surface area contributed by atoms with Crippen LogP contribution in [-0.2, 0) is 14.3 Å². The number of ether oxygens (including phenoxy) is 2. The Labute approximate surface area is 106 Å². The lowest BCUT2D eigenvalue weighted by molar-refractivity contribution is -0.491. The summed E-state index contributed by atoms with van der Waals surface area (Å²) in [5, 5.41) is 10.8. The van der Waals surface area contributed by atoms with Gasteiger partial charge in [0.2, 0.25) is 6.54 Å². The van der Waals surface area contributed by atoms with E-state index < -0.39 is 22.5 Å². The molecule has 1 heterocycles. The summed E-state index contributed by atoms with van der Waals surface area (Å²) in [6.07, 6.45) is 2.27. The maximum Gasteiger partial charge on any atom is 0.214 e. The molecule has 2 aliphatic rings. The van der Waals surface area contributed by atoms with Crippen molar-refractivity contribution < 1.29 is 19.2 Å². The molecule has 0 spiro atoms. The standard InChI is InChI=1S/C12H19NO5/c1-12(11-17-6-3-7-18-11)5-2-4-10(14)9(12)8-13(15)16/h9,11H,2-8H2,1H3/t9-,12-/m1/s1. The molecule has 1 saturated heterocycles. The zero-order valence-corrected chi connectivity index (χ0v) is 10.6. The van der Waals surface area contributed by atoms with Gasteiger partial charge in [-0.05, 0) is 19.3 Å². The first kappa shape index (κ1) is 13.4. The molecule has 0 aromatic rings. The Morgan fingerprint density at radius 2 is 2.06 bits per heavy atom. The Morgan fingerprint density at radius 1 is 1.39 bits per heavy atom. The first-order chi connectivity index (χ1) is 8.54. The highest BCUT2D eigenvalue weighted by Gasteiger charge is 2.51. The number of nitro groups is 1. The minimum Gasteiger partial charge on any atom is -0.352 e. The number of carbonyl (C=O) groups excluding carboxylic acids is 1. The number of hydrogen-bond donors (Lipinski definition) is 0. The van der Waals surface area contributed by atoms with Crippen LogP contribution in [0.4, 0.5) is 0 Å². The fraction of sp³-hybridized carbons (Fsp3) is 0.917. The molecule has 2 rings (SSSR count). The minimum atomic E-state index is -0.593. The highest BCUT2D eigenvalue weighted by molar-refractivity contribution is 5.82. The van der Waals surface area contributed by atoms with Crippen LogP contribution in [0, 0.1) is 21.4 Å². The van der Waals surface area contributed by atoms with Crippen LogP contribution in [0.3, 0.4) is 0 Å². The molecule has 0 amide bonds. The second-order valence-electron chi connectivity index (χ2n) is 5.32. The van der Waals surface area contributed by atoms with Gasteiger partial charge in [0.05, 0.1) is 19.1 Å². The Balaban J connectivity index is 2.18. The average molecular weight is 257 g/mol. The maximum absolute atomic E-state index is 12.0. The third kappa shape index (κ3) is 2.54.